The summed E-state index contributed by atoms with van der Waals surface area (Å²) in [5.74, 6) is -1.06. The fourth-order valence-electron chi connectivity index (χ4n) is 3.83. The maximum Gasteiger partial charge on any atom is 0.343 e. The molecule has 0 unspecified atom stereocenters. The molecule has 2 aromatic rings. The minimum atomic E-state index is -0.540. The third kappa shape index (κ3) is 4.60. The molecule has 0 saturated heterocycles. The fraction of sp³-hybridized carbons (Fsp3) is 0.261. The maximum atomic E-state index is 12.9. The Hall–Kier alpha value is -2.83. The van der Waals surface area contributed by atoms with Gasteiger partial charge in [0.15, 0.2) is 0 Å². The first-order valence-electron chi connectivity index (χ1n) is 10.1. The first-order valence-corrected chi connectivity index (χ1v) is 10.8. The number of amides is 2. The second-order valence-electron chi connectivity index (χ2n) is 7.51. The van der Waals surface area contributed by atoms with E-state index in [1.54, 1.807) is 48.5 Å². The van der Waals surface area contributed by atoms with Crippen LogP contribution in [0.5, 0.6) is 5.75 Å². The standard InChI is InChI=1S/C23H20Cl2N2O4/c24-15-5-4-8-18(13-15)31-23(30)14-9-11-16(12-10-14)26-20-19(25)21(28)27(22(20)29)17-6-2-1-3-7-17/h4-5,8-13,17,26H,1-3,6-7H2. The Kier molecular flexibility index (Phi) is 6.30. The summed E-state index contributed by atoms with van der Waals surface area (Å²) >= 11 is 12.1. The Morgan fingerprint density at radius 1 is 0.968 bits per heavy atom. The predicted octanol–water partition coefficient (Wildman–Crippen LogP) is 5.12. The minimum absolute atomic E-state index is 0.0616. The molecule has 1 aliphatic carbocycles. The monoisotopic (exact) mass is 458 g/mol. The number of anilines is 1. The van der Waals surface area contributed by atoms with Crippen LogP contribution in [0.2, 0.25) is 5.02 Å². The molecule has 0 bridgehead atoms. The van der Waals surface area contributed by atoms with Gasteiger partial charge in [-0.05, 0) is 55.3 Å². The number of imide groups is 1. The van der Waals surface area contributed by atoms with Crippen molar-refractivity contribution in [3.63, 3.8) is 0 Å². The normalized spacial score (nSPS) is 17.3. The molecule has 1 N–H and O–H groups in total. The molecule has 1 fully saturated rings. The zero-order valence-corrected chi connectivity index (χ0v) is 18.1. The summed E-state index contributed by atoms with van der Waals surface area (Å²) in [6, 6.07) is 12.8. The molecule has 1 saturated carbocycles. The summed E-state index contributed by atoms with van der Waals surface area (Å²) in [4.78, 5) is 39.0. The second-order valence-corrected chi connectivity index (χ2v) is 8.32. The first-order chi connectivity index (χ1) is 14.9. The fourth-order valence-corrected chi connectivity index (χ4v) is 4.23. The first kappa shape index (κ1) is 21.4. The van der Waals surface area contributed by atoms with Crippen molar-refractivity contribution < 1.29 is 19.1 Å². The molecular formula is C23H20Cl2N2O4. The highest BCUT2D eigenvalue weighted by molar-refractivity contribution is 6.48. The van der Waals surface area contributed by atoms with Crippen LogP contribution < -0.4 is 10.1 Å². The van der Waals surface area contributed by atoms with E-state index in [0.717, 1.165) is 32.1 Å². The van der Waals surface area contributed by atoms with E-state index in [2.05, 4.69) is 5.32 Å². The average Bonchev–Trinajstić information content (AvgIpc) is 2.98. The zero-order valence-electron chi connectivity index (χ0n) is 16.6. The largest absolute Gasteiger partial charge is 0.423 e. The van der Waals surface area contributed by atoms with Crippen molar-refractivity contribution in [3.8, 4) is 5.75 Å². The molecule has 8 heteroatoms. The summed E-state index contributed by atoms with van der Waals surface area (Å²) in [7, 11) is 0. The van der Waals surface area contributed by atoms with Crippen molar-refractivity contribution in [3.05, 3.63) is 69.8 Å². The van der Waals surface area contributed by atoms with Gasteiger partial charge >= 0.3 is 5.97 Å². The molecule has 0 atom stereocenters. The van der Waals surface area contributed by atoms with Crippen LogP contribution in [-0.2, 0) is 9.59 Å². The van der Waals surface area contributed by atoms with E-state index in [-0.39, 0.29) is 16.8 Å². The summed E-state index contributed by atoms with van der Waals surface area (Å²) < 4.78 is 5.30. The Morgan fingerprint density at radius 2 is 1.68 bits per heavy atom. The molecule has 6 nitrogen and oxygen atoms in total. The SMILES string of the molecule is O=C(Oc1cccc(Cl)c1)c1ccc(NC2=C(Cl)C(=O)N(C3CCCCC3)C2=O)cc1. The van der Waals surface area contributed by atoms with Gasteiger partial charge < -0.3 is 10.1 Å². The molecule has 2 amide bonds. The summed E-state index contributed by atoms with van der Waals surface area (Å²) in [6.45, 7) is 0. The van der Waals surface area contributed by atoms with Crippen molar-refractivity contribution in [2.75, 3.05) is 5.32 Å². The van der Waals surface area contributed by atoms with E-state index in [4.69, 9.17) is 27.9 Å². The minimum Gasteiger partial charge on any atom is -0.423 e. The number of nitrogens with zero attached hydrogens (tertiary/aromatic N) is 1. The lowest BCUT2D eigenvalue weighted by Crippen LogP contribution is -2.42. The number of carbonyl (C=O) groups is 3. The number of rotatable bonds is 5. The van der Waals surface area contributed by atoms with Gasteiger partial charge in [-0.3, -0.25) is 14.5 Å². The maximum absolute atomic E-state index is 12.9. The van der Waals surface area contributed by atoms with Crippen molar-refractivity contribution >= 4 is 46.7 Å². The van der Waals surface area contributed by atoms with E-state index < -0.39 is 17.8 Å². The van der Waals surface area contributed by atoms with Gasteiger partial charge in [-0.25, -0.2) is 4.79 Å². The summed E-state index contributed by atoms with van der Waals surface area (Å²) in [5, 5.41) is 3.28. The third-order valence-corrected chi connectivity index (χ3v) is 5.98. The molecule has 160 valence electrons. The molecule has 2 aliphatic rings. The van der Waals surface area contributed by atoms with E-state index >= 15 is 0 Å². The molecule has 0 spiro atoms. The van der Waals surface area contributed by atoms with Gasteiger partial charge in [-0.15, -0.1) is 0 Å². The lowest BCUT2D eigenvalue weighted by atomic mass is 9.94. The lowest BCUT2D eigenvalue weighted by Gasteiger charge is -2.29. The van der Waals surface area contributed by atoms with Crippen LogP contribution in [0.4, 0.5) is 5.69 Å². The third-order valence-electron chi connectivity index (χ3n) is 5.40. The second kappa shape index (κ2) is 9.12. The molecule has 0 aromatic heterocycles. The highest BCUT2D eigenvalue weighted by Gasteiger charge is 2.42. The van der Waals surface area contributed by atoms with Crippen LogP contribution in [0.15, 0.2) is 59.3 Å². The van der Waals surface area contributed by atoms with Gasteiger partial charge in [0.25, 0.3) is 11.8 Å². The van der Waals surface area contributed by atoms with Crippen molar-refractivity contribution in [1.29, 1.82) is 0 Å². The smallest absolute Gasteiger partial charge is 0.343 e. The van der Waals surface area contributed by atoms with Gasteiger partial charge in [-0.1, -0.05) is 48.5 Å². The average molecular weight is 459 g/mol. The van der Waals surface area contributed by atoms with Crippen molar-refractivity contribution in [2.24, 2.45) is 0 Å². The number of carbonyl (C=O) groups excluding carboxylic acids is 3. The van der Waals surface area contributed by atoms with E-state index in [1.807, 2.05) is 0 Å². The van der Waals surface area contributed by atoms with Crippen LogP contribution in [0.3, 0.4) is 0 Å². The number of benzene rings is 2. The Bertz CT molecular complexity index is 1060. The number of hydrogen-bond acceptors (Lipinski definition) is 5. The van der Waals surface area contributed by atoms with Gasteiger partial charge in [-0.2, -0.15) is 0 Å². The predicted molar refractivity (Wildman–Crippen MR) is 118 cm³/mol. The summed E-state index contributed by atoms with van der Waals surface area (Å²) in [6.07, 6.45) is 4.71. The molecule has 0 radical (unpaired) electrons. The zero-order chi connectivity index (χ0) is 22.0. The van der Waals surface area contributed by atoms with E-state index in [0.29, 0.717) is 22.0 Å². The number of nitrogens with one attached hydrogen (secondary N) is 1. The number of hydrogen-bond donors (Lipinski definition) is 1. The molecule has 2 aromatic carbocycles. The van der Waals surface area contributed by atoms with Gasteiger partial charge in [0.05, 0.1) is 5.56 Å². The van der Waals surface area contributed by atoms with Crippen LogP contribution in [0, 0.1) is 0 Å². The van der Waals surface area contributed by atoms with Crippen LogP contribution in [-0.4, -0.2) is 28.7 Å². The van der Waals surface area contributed by atoms with E-state index in [1.165, 1.54) is 4.90 Å². The highest BCUT2D eigenvalue weighted by Crippen LogP contribution is 2.32. The number of esters is 1. The van der Waals surface area contributed by atoms with Gasteiger partial charge in [0, 0.05) is 16.8 Å². The number of ether oxygens (including phenoxy) is 1. The molecule has 1 heterocycles. The highest BCUT2D eigenvalue weighted by atomic mass is 35.5. The Labute approximate surface area is 189 Å². The quantitative estimate of drug-likeness (QED) is 0.382. The molecular weight excluding hydrogens is 439 g/mol. The topological polar surface area (TPSA) is 75.7 Å². The Morgan fingerprint density at radius 3 is 2.35 bits per heavy atom. The van der Waals surface area contributed by atoms with Crippen LogP contribution in [0.25, 0.3) is 0 Å². The van der Waals surface area contributed by atoms with E-state index in [9.17, 15) is 14.4 Å². The summed E-state index contributed by atoms with van der Waals surface area (Å²) in [5.41, 5.74) is 0.911. The van der Waals surface area contributed by atoms with Crippen molar-refractivity contribution in [2.45, 2.75) is 38.1 Å². The lowest BCUT2D eigenvalue weighted by molar-refractivity contribution is -0.140. The number of halogens is 2. The Balaban J connectivity index is 1.44. The van der Waals surface area contributed by atoms with Crippen molar-refractivity contribution in [1.82, 2.24) is 4.90 Å². The molecule has 31 heavy (non-hydrogen) atoms. The molecule has 4 rings (SSSR count). The van der Waals surface area contributed by atoms with Crippen LogP contribution >= 0.6 is 23.2 Å². The van der Waals surface area contributed by atoms with Gasteiger partial charge in [0.1, 0.15) is 16.5 Å². The van der Waals surface area contributed by atoms with Crippen LogP contribution in [0.1, 0.15) is 42.5 Å². The molecule has 1 aliphatic heterocycles. The van der Waals surface area contributed by atoms with Gasteiger partial charge in [0.2, 0.25) is 0 Å².